The van der Waals surface area contributed by atoms with Gasteiger partial charge in [0.25, 0.3) is 0 Å². The van der Waals surface area contributed by atoms with Crippen LogP contribution in [0.4, 0.5) is 0 Å². The van der Waals surface area contributed by atoms with Gasteiger partial charge in [-0.2, -0.15) is 5.10 Å². The highest BCUT2D eigenvalue weighted by atomic mass is 16.5. The average molecular weight is 242 g/mol. The first-order valence-electron chi connectivity index (χ1n) is 5.46. The highest BCUT2D eigenvalue weighted by molar-refractivity contribution is 5.87. The van der Waals surface area contributed by atoms with Gasteiger partial charge in [-0.05, 0) is 18.6 Å². The number of carbonyl (C=O) groups excluding carboxylic acids is 1. The zero-order valence-corrected chi connectivity index (χ0v) is 10.1. The molecule has 0 unspecified atom stereocenters. The van der Waals surface area contributed by atoms with Gasteiger partial charge >= 0.3 is 5.97 Å². The summed E-state index contributed by atoms with van der Waals surface area (Å²) >= 11 is 0. The van der Waals surface area contributed by atoms with Crippen molar-refractivity contribution in [3.63, 3.8) is 0 Å². The second-order valence-electron chi connectivity index (χ2n) is 3.20. The van der Waals surface area contributed by atoms with Crippen LogP contribution >= 0.6 is 0 Å². The van der Waals surface area contributed by atoms with Gasteiger partial charge in [0, 0.05) is 12.1 Å². The summed E-state index contributed by atoms with van der Waals surface area (Å²) in [5.41, 5.74) is 2.23. The van der Waals surface area contributed by atoms with Crippen LogP contribution in [0.1, 0.15) is 6.92 Å². The van der Waals surface area contributed by atoms with Crippen molar-refractivity contribution >= 4 is 5.97 Å². The fourth-order valence-corrected chi connectivity index (χ4v) is 1.21. The van der Waals surface area contributed by atoms with Gasteiger partial charge in [-0.25, -0.2) is 4.79 Å². The molecule has 18 heavy (non-hydrogen) atoms. The molecular formula is C14H14N2O2. The molecule has 92 valence electrons. The van der Waals surface area contributed by atoms with Gasteiger partial charge in [0.2, 0.25) is 0 Å². The molecule has 0 aliphatic carbocycles. The minimum Gasteiger partial charge on any atom is -0.456 e. The average Bonchev–Trinajstić information content (AvgIpc) is 2.95. The lowest BCUT2D eigenvalue weighted by molar-refractivity contribution is -0.136. The van der Waals surface area contributed by atoms with Crippen molar-refractivity contribution in [3.8, 4) is 23.6 Å². The maximum Gasteiger partial charge on any atom is 0.384 e. The SMILES string of the molecule is C#CC(=O)OCC.c1ccc(-c2ccn[nH]2)cc1. The predicted molar refractivity (Wildman–Crippen MR) is 69.5 cm³/mol. The monoisotopic (exact) mass is 242 g/mol. The number of aromatic amines is 1. The molecule has 0 aliphatic rings. The smallest absolute Gasteiger partial charge is 0.384 e. The Hall–Kier alpha value is -2.54. The summed E-state index contributed by atoms with van der Waals surface area (Å²) in [5, 5.41) is 6.78. The van der Waals surface area contributed by atoms with E-state index in [1.54, 1.807) is 19.0 Å². The highest BCUT2D eigenvalue weighted by Crippen LogP contribution is 2.13. The van der Waals surface area contributed by atoms with Crippen molar-refractivity contribution in [2.75, 3.05) is 6.61 Å². The van der Waals surface area contributed by atoms with Gasteiger partial charge in [-0.3, -0.25) is 5.10 Å². The van der Waals surface area contributed by atoms with E-state index in [1.165, 1.54) is 5.56 Å². The molecule has 0 atom stereocenters. The fourth-order valence-electron chi connectivity index (χ4n) is 1.21. The van der Waals surface area contributed by atoms with E-state index in [2.05, 4.69) is 21.4 Å². The van der Waals surface area contributed by atoms with E-state index in [-0.39, 0.29) is 0 Å². The summed E-state index contributed by atoms with van der Waals surface area (Å²) in [7, 11) is 0. The summed E-state index contributed by atoms with van der Waals surface area (Å²) in [5.74, 6) is 1.21. The number of esters is 1. The Bertz CT molecular complexity index is 498. The Morgan fingerprint density at radius 1 is 1.39 bits per heavy atom. The Balaban J connectivity index is 0.000000203. The number of terminal acetylenes is 1. The predicted octanol–water partition coefficient (Wildman–Crippen LogP) is 2.26. The van der Waals surface area contributed by atoms with Crippen molar-refractivity contribution in [3.05, 3.63) is 42.6 Å². The molecule has 2 aromatic rings. The molecule has 1 heterocycles. The Morgan fingerprint density at radius 3 is 2.56 bits per heavy atom. The minimum atomic E-state index is -0.595. The van der Waals surface area contributed by atoms with E-state index < -0.39 is 5.97 Å². The van der Waals surface area contributed by atoms with Crippen LogP contribution in [0.2, 0.25) is 0 Å². The topological polar surface area (TPSA) is 55.0 Å². The lowest BCUT2D eigenvalue weighted by Crippen LogP contribution is -1.98. The maximum atomic E-state index is 9.95. The van der Waals surface area contributed by atoms with Crippen molar-refractivity contribution in [1.82, 2.24) is 10.2 Å². The van der Waals surface area contributed by atoms with E-state index in [0.29, 0.717) is 6.61 Å². The molecule has 4 nitrogen and oxygen atoms in total. The van der Waals surface area contributed by atoms with Crippen LogP contribution in [0.5, 0.6) is 0 Å². The zero-order valence-electron chi connectivity index (χ0n) is 10.1. The zero-order chi connectivity index (χ0) is 13.2. The molecule has 0 saturated carbocycles. The maximum absolute atomic E-state index is 9.95. The van der Waals surface area contributed by atoms with Crippen LogP contribution in [-0.4, -0.2) is 22.8 Å². The number of hydrogen-bond acceptors (Lipinski definition) is 3. The first-order valence-corrected chi connectivity index (χ1v) is 5.46. The number of carbonyl (C=O) groups is 1. The molecule has 0 fully saturated rings. The first kappa shape index (κ1) is 13.5. The van der Waals surface area contributed by atoms with E-state index in [0.717, 1.165) is 5.69 Å². The molecule has 1 N–H and O–H groups in total. The lowest BCUT2D eigenvalue weighted by Gasteiger charge is -1.93. The van der Waals surface area contributed by atoms with Crippen LogP contribution in [-0.2, 0) is 9.53 Å². The molecule has 0 amide bonds. The fraction of sp³-hybridized carbons (Fsp3) is 0.143. The molecule has 4 heteroatoms. The number of H-pyrrole nitrogens is 1. The Kier molecular flexibility index (Phi) is 5.78. The van der Waals surface area contributed by atoms with Crippen LogP contribution < -0.4 is 0 Å². The minimum absolute atomic E-state index is 0.350. The molecule has 0 saturated heterocycles. The van der Waals surface area contributed by atoms with Gasteiger partial charge in [0.05, 0.1) is 12.3 Å². The normalized spacial score (nSPS) is 8.67. The Morgan fingerprint density at radius 2 is 2.11 bits per heavy atom. The second kappa shape index (κ2) is 7.69. The van der Waals surface area contributed by atoms with Crippen molar-refractivity contribution in [1.29, 1.82) is 0 Å². The first-order chi connectivity index (χ1) is 8.77. The van der Waals surface area contributed by atoms with Crippen LogP contribution in [0.25, 0.3) is 11.3 Å². The standard InChI is InChI=1S/C9H8N2.C5H6O2/c1-2-4-8(5-3-1)9-6-7-10-11-9;1-3-5(6)7-4-2/h1-7H,(H,10,11);1H,4H2,2H3. The van der Waals surface area contributed by atoms with Gasteiger partial charge in [-0.1, -0.05) is 30.3 Å². The van der Waals surface area contributed by atoms with E-state index in [9.17, 15) is 4.79 Å². The number of nitrogens with zero attached hydrogens (tertiary/aromatic N) is 1. The summed E-state index contributed by atoms with van der Waals surface area (Å²) in [6.07, 6.45) is 6.39. The summed E-state index contributed by atoms with van der Waals surface area (Å²) in [6, 6.07) is 12.1. The largest absolute Gasteiger partial charge is 0.456 e. The molecule has 1 aromatic carbocycles. The van der Waals surface area contributed by atoms with Gasteiger partial charge in [0.15, 0.2) is 0 Å². The number of rotatable bonds is 2. The number of benzene rings is 1. The summed E-state index contributed by atoms with van der Waals surface area (Å²) in [6.45, 7) is 2.05. The number of nitrogens with one attached hydrogen (secondary N) is 1. The Labute approximate surface area is 106 Å². The van der Waals surface area contributed by atoms with Crippen molar-refractivity contribution in [2.24, 2.45) is 0 Å². The van der Waals surface area contributed by atoms with E-state index in [4.69, 9.17) is 0 Å². The van der Waals surface area contributed by atoms with Crippen LogP contribution in [0, 0.1) is 12.3 Å². The van der Waals surface area contributed by atoms with Crippen molar-refractivity contribution in [2.45, 2.75) is 6.92 Å². The molecule has 0 bridgehead atoms. The third-order valence-electron chi connectivity index (χ3n) is 1.98. The molecule has 1 aromatic heterocycles. The second-order valence-corrected chi connectivity index (χ2v) is 3.20. The van der Waals surface area contributed by atoms with E-state index >= 15 is 0 Å². The molecular weight excluding hydrogens is 228 g/mol. The summed E-state index contributed by atoms with van der Waals surface area (Å²) < 4.78 is 4.32. The third kappa shape index (κ3) is 4.54. The van der Waals surface area contributed by atoms with E-state index in [1.807, 2.05) is 36.4 Å². The van der Waals surface area contributed by atoms with Gasteiger partial charge < -0.3 is 4.74 Å². The molecule has 0 spiro atoms. The van der Waals surface area contributed by atoms with Crippen LogP contribution in [0.3, 0.4) is 0 Å². The van der Waals surface area contributed by atoms with Gasteiger partial charge in [-0.15, -0.1) is 6.42 Å². The third-order valence-corrected chi connectivity index (χ3v) is 1.98. The molecule has 2 rings (SSSR count). The number of ether oxygens (including phenoxy) is 1. The van der Waals surface area contributed by atoms with Gasteiger partial charge in [0.1, 0.15) is 0 Å². The molecule has 0 aliphatic heterocycles. The van der Waals surface area contributed by atoms with Crippen molar-refractivity contribution < 1.29 is 9.53 Å². The lowest BCUT2D eigenvalue weighted by atomic mass is 10.2. The van der Waals surface area contributed by atoms with Crippen LogP contribution in [0.15, 0.2) is 42.6 Å². The summed E-state index contributed by atoms with van der Waals surface area (Å²) in [4.78, 5) is 9.95. The number of aromatic nitrogens is 2. The number of hydrogen-bond donors (Lipinski definition) is 1. The molecule has 0 radical (unpaired) electrons. The highest BCUT2D eigenvalue weighted by Gasteiger charge is 1.94. The quantitative estimate of drug-likeness (QED) is 0.499.